The lowest BCUT2D eigenvalue weighted by molar-refractivity contribution is -0.150. The molecule has 0 saturated heterocycles. The normalized spacial score (nSPS) is 15.4. The highest BCUT2D eigenvalue weighted by Crippen LogP contribution is 2.39. The molecule has 1 aliphatic heterocycles. The first-order valence-electron chi connectivity index (χ1n) is 11.2. The van der Waals surface area contributed by atoms with Crippen molar-refractivity contribution in [3.05, 3.63) is 59.2 Å². The van der Waals surface area contributed by atoms with Gasteiger partial charge in [0.05, 0.1) is 26.9 Å². The Kier molecular flexibility index (Phi) is 7.84. The number of rotatable bonds is 7. The SMILES string of the molecule is CCOC(=O)C1Cc2c(ccc(OC)c2OCCc2ccccc2)CN1C(=O)OC(C)(C)C. The van der Waals surface area contributed by atoms with Crippen LogP contribution in [0.25, 0.3) is 0 Å². The van der Waals surface area contributed by atoms with Crippen molar-refractivity contribution in [2.75, 3.05) is 20.3 Å². The maximum atomic E-state index is 12.9. The summed E-state index contributed by atoms with van der Waals surface area (Å²) in [6.45, 7) is 8.03. The van der Waals surface area contributed by atoms with E-state index in [4.69, 9.17) is 18.9 Å². The van der Waals surface area contributed by atoms with Crippen LogP contribution in [0.1, 0.15) is 44.4 Å². The lowest BCUT2D eigenvalue weighted by atomic mass is 9.92. The van der Waals surface area contributed by atoms with Crippen molar-refractivity contribution >= 4 is 12.1 Å². The topological polar surface area (TPSA) is 74.3 Å². The van der Waals surface area contributed by atoms with Gasteiger partial charge in [-0.1, -0.05) is 36.4 Å². The monoisotopic (exact) mass is 455 g/mol. The second-order valence-electron chi connectivity index (χ2n) is 8.90. The van der Waals surface area contributed by atoms with E-state index in [0.29, 0.717) is 18.1 Å². The molecule has 1 atom stereocenters. The highest BCUT2D eigenvalue weighted by Gasteiger charge is 2.39. The minimum atomic E-state index is -0.809. The molecule has 7 heteroatoms. The van der Waals surface area contributed by atoms with E-state index in [-0.39, 0.29) is 19.6 Å². The zero-order valence-electron chi connectivity index (χ0n) is 20.1. The second kappa shape index (κ2) is 10.6. The van der Waals surface area contributed by atoms with E-state index in [9.17, 15) is 9.59 Å². The second-order valence-corrected chi connectivity index (χ2v) is 8.90. The maximum absolute atomic E-state index is 12.9. The Hall–Kier alpha value is -3.22. The number of carbonyl (C=O) groups excluding carboxylic acids is 2. The Bertz CT molecular complexity index is 967. The van der Waals surface area contributed by atoms with Crippen molar-refractivity contribution < 1.29 is 28.5 Å². The quantitative estimate of drug-likeness (QED) is 0.571. The number of hydrogen-bond acceptors (Lipinski definition) is 6. The summed E-state index contributed by atoms with van der Waals surface area (Å²) >= 11 is 0. The van der Waals surface area contributed by atoms with E-state index in [1.54, 1.807) is 34.8 Å². The summed E-state index contributed by atoms with van der Waals surface area (Å²) in [5.41, 5.74) is 2.22. The fraction of sp³-hybridized carbons (Fsp3) is 0.462. The van der Waals surface area contributed by atoms with Gasteiger partial charge >= 0.3 is 12.1 Å². The van der Waals surface area contributed by atoms with E-state index < -0.39 is 23.7 Å². The highest BCUT2D eigenvalue weighted by atomic mass is 16.6. The van der Waals surface area contributed by atoms with Crippen LogP contribution in [0.5, 0.6) is 11.5 Å². The average Bonchev–Trinajstić information content (AvgIpc) is 2.78. The standard InChI is InChI=1S/C26H33NO6/c1-6-31-24(28)21-16-20-19(17-27(21)25(29)33-26(2,3)4)12-13-22(30-5)23(20)32-15-14-18-10-8-7-9-11-18/h7-13,21H,6,14-17H2,1-5H3. The molecule has 33 heavy (non-hydrogen) atoms. The van der Waals surface area contributed by atoms with E-state index >= 15 is 0 Å². The predicted molar refractivity (Wildman–Crippen MR) is 125 cm³/mol. The summed E-state index contributed by atoms with van der Waals surface area (Å²) < 4.78 is 22.6. The number of methoxy groups -OCH3 is 1. The maximum Gasteiger partial charge on any atom is 0.411 e. The van der Waals surface area contributed by atoms with Crippen LogP contribution in [0.2, 0.25) is 0 Å². The molecule has 1 unspecified atom stereocenters. The van der Waals surface area contributed by atoms with Crippen molar-refractivity contribution in [1.29, 1.82) is 0 Å². The summed E-state index contributed by atoms with van der Waals surface area (Å²) in [5, 5.41) is 0. The average molecular weight is 456 g/mol. The van der Waals surface area contributed by atoms with Crippen LogP contribution in [0, 0.1) is 0 Å². The summed E-state index contributed by atoms with van der Waals surface area (Å²) in [4.78, 5) is 27.2. The van der Waals surface area contributed by atoms with Crippen LogP contribution in [0.15, 0.2) is 42.5 Å². The molecule has 1 amide bonds. The van der Waals surface area contributed by atoms with E-state index in [0.717, 1.165) is 17.5 Å². The molecule has 0 spiro atoms. The number of ether oxygens (including phenoxy) is 4. The molecule has 0 aromatic heterocycles. The lowest BCUT2D eigenvalue weighted by Gasteiger charge is -2.37. The van der Waals surface area contributed by atoms with Crippen LogP contribution in [0.3, 0.4) is 0 Å². The Morgan fingerprint density at radius 1 is 1.09 bits per heavy atom. The van der Waals surface area contributed by atoms with Crippen molar-refractivity contribution in [2.45, 2.75) is 58.7 Å². The number of fused-ring (bicyclic) bond motifs is 1. The molecule has 1 heterocycles. The van der Waals surface area contributed by atoms with Gasteiger partial charge in [0.15, 0.2) is 11.5 Å². The third kappa shape index (κ3) is 6.18. The van der Waals surface area contributed by atoms with Crippen LogP contribution >= 0.6 is 0 Å². The van der Waals surface area contributed by atoms with Crippen LogP contribution in [-0.4, -0.2) is 48.9 Å². The molecule has 0 radical (unpaired) electrons. The third-order valence-corrected chi connectivity index (χ3v) is 5.32. The van der Waals surface area contributed by atoms with Gasteiger partial charge in [-0.25, -0.2) is 9.59 Å². The zero-order valence-corrected chi connectivity index (χ0v) is 20.1. The van der Waals surface area contributed by atoms with Gasteiger partial charge in [0.25, 0.3) is 0 Å². The van der Waals surface area contributed by atoms with E-state index in [1.165, 1.54) is 10.5 Å². The molecule has 178 valence electrons. The fourth-order valence-electron chi connectivity index (χ4n) is 3.81. The van der Waals surface area contributed by atoms with Gasteiger partial charge in [-0.3, -0.25) is 4.90 Å². The molecule has 2 aromatic rings. The van der Waals surface area contributed by atoms with Gasteiger partial charge in [0, 0.05) is 18.4 Å². The fourth-order valence-corrected chi connectivity index (χ4v) is 3.81. The van der Waals surface area contributed by atoms with E-state index in [2.05, 4.69) is 12.1 Å². The van der Waals surface area contributed by atoms with Crippen molar-refractivity contribution in [2.24, 2.45) is 0 Å². The number of esters is 1. The van der Waals surface area contributed by atoms with Gasteiger partial charge in [-0.05, 0) is 44.9 Å². The Labute approximate surface area is 195 Å². The van der Waals surface area contributed by atoms with Gasteiger partial charge < -0.3 is 18.9 Å². The summed E-state index contributed by atoms with van der Waals surface area (Å²) in [7, 11) is 1.59. The number of benzene rings is 2. The number of nitrogens with zero attached hydrogens (tertiary/aromatic N) is 1. The first-order valence-corrected chi connectivity index (χ1v) is 11.2. The first-order chi connectivity index (χ1) is 15.7. The van der Waals surface area contributed by atoms with Gasteiger partial charge in [0.2, 0.25) is 0 Å². The van der Waals surface area contributed by atoms with Crippen LogP contribution in [-0.2, 0) is 33.7 Å². The summed E-state index contributed by atoms with van der Waals surface area (Å²) in [6, 6.07) is 13.0. The highest BCUT2D eigenvalue weighted by molar-refractivity contribution is 5.83. The van der Waals surface area contributed by atoms with Crippen LogP contribution in [0.4, 0.5) is 4.79 Å². The molecule has 0 N–H and O–H groups in total. The summed E-state index contributed by atoms with van der Waals surface area (Å²) in [6.07, 6.45) is 0.443. The molecular weight excluding hydrogens is 422 g/mol. The molecule has 0 fully saturated rings. The molecule has 0 aliphatic carbocycles. The minimum Gasteiger partial charge on any atom is -0.493 e. The molecule has 0 bridgehead atoms. The molecule has 0 saturated carbocycles. The first kappa shape index (κ1) is 24.4. The minimum absolute atomic E-state index is 0.215. The lowest BCUT2D eigenvalue weighted by Crippen LogP contribution is -2.50. The van der Waals surface area contributed by atoms with Crippen molar-refractivity contribution in [3.8, 4) is 11.5 Å². The Morgan fingerprint density at radius 3 is 2.45 bits per heavy atom. The summed E-state index contributed by atoms with van der Waals surface area (Å²) in [5.74, 6) is 0.728. The van der Waals surface area contributed by atoms with Crippen molar-refractivity contribution in [1.82, 2.24) is 4.90 Å². The number of carbonyl (C=O) groups is 2. The third-order valence-electron chi connectivity index (χ3n) is 5.32. The zero-order chi connectivity index (χ0) is 24.0. The van der Waals surface area contributed by atoms with Gasteiger partial charge in [-0.2, -0.15) is 0 Å². The molecule has 2 aromatic carbocycles. The van der Waals surface area contributed by atoms with Crippen LogP contribution < -0.4 is 9.47 Å². The van der Waals surface area contributed by atoms with E-state index in [1.807, 2.05) is 30.3 Å². The molecular formula is C26H33NO6. The molecule has 1 aliphatic rings. The predicted octanol–water partition coefficient (Wildman–Crippen LogP) is 4.54. The van der Waals surface area contributed by atoms with Gasteiger partial charge in [-0.15, -0.1) is 0 Å². The Balaban J connectivity index is 1.89. The largest absolute Gasteiger partial charge is 0.493 e. The van der Waals surface area contributed by atoms with Crippen molar-refractivity contribution in [3.63, 3.8) is 0 Å². The molecule has 7 nitrogen and oxygen atoms in total. The number of amides is 1. The number of hydrogen-bond donors (Lipinski definition) is 0. The Morgan fingerprint density at radius 2 is 1.82 bits per heavy atom. The molecule has 3 rings (SSSR count). The van der Waals surface area contributed by atoms with Gasteiger partial charge in [0.1, 0.15) is 11.6 Å². The smallest absolute Gasteiger partial charge is 0.411 e.